The Kier molecular flexibility index (Phi) is 10.4. The summed E-state index contributed by atoms with van der Waals surface area (Å²) in [5.41, 5.74) is 4.61. The first-order valence-corrected chi connectivity index (χ1v) is 12.3. The zero-order valence-corrected chi connectivity index (χ0v) is 22.6. The number of amides is 2. The van der Waals surface area contributed by atoms with E-state index in [1.54, 1.807) is 44.4 Å². The minimum atomic E-state index is -1.12. The average molecular weight is 543 g/mol. The van der Waals surface area contributed by atoms with Gasteiger partial charge in [-0.2, -0.15) is 5.10 Å². The standard InChI is InChI=1S/C27H34N4O8/c1-6-37-19-10-8-17(12-21(19)35-4)14-28-31-23(32)15-39-20-11-9-18(13-22(20)38-7-2)25-24(26(33)36-5)16(3)29-27(34)30-25/h8-14,23,25,31-32H,6-7,15H2,1-5H3,(H2,29,30,34)/b28-14-/t23-,25+/m0/s1. The van der Waals surface area contributed by atoms with Crippen LogP contribution in [-0.2, 0) is 9.53 Å². The van der Waals surface area contributed by atoms with Gasteiger partial charge >= 0.3 is 12.0 Å². The number of hydrogen-bond donors (Lipinski definition) is 4. The molecule has 3 rings (SSSR count). The molecule has 2 atom stereocenters. The van der Waals surface area contributed by atoms with E-state index in [1.165, 1.54) is 13.3 Å². The molecule has 1 aliphatic heterocycles. The molecule has 39 heavy (non-hydrogen) atoms. The maximum Gasteiger partial charge on any atom is 0.337 e. The molecule has 4 N–H and O–H groups in total. The zero-order chi connectivity index (χ0) is 28.4. The maximum absolute atomic E-state index is 12.4. The van der Waals surface area contributed by atoms with Gasteiger partial charge in [0.1, 0.15) is 6.61 Å². The number of rotatable bonds is 13. The van der Waals surface area contributed by atoms with Crippen molar-refractivity contribution in [1.82, 2.24) is 16.1 Å². The van der Waals surface area contributed by atoms with Crippen LogP contribution in [-0.4, -0.2) is 63.6 Å². The van der Waals surface area contributed by atoms with Crippen LogP contribution in [0.5, 0.6) is 23.0 Å². The molecule has 12 heteroatoms. The molecule has 1 aliphatic rings. The van der Waals surface area contributed by atoms with Gasteiger partial charge in [0.2, 0.25) is 0 Å². The molecular formula is C27H34N4O8. The van der Waals surface area contributed by atoms with E-state index in [4.69, 9.17) is 23.7 Å². The van der Waals surface area contributed by atoms with Crippen LogP contribution in [0.2, 0.25) is 0 Å². The van der Waals surface area contributed by atoms with Crippen LogP contribution in [0, 0.1) is 0 Å². The van der Waals surface area contributed by atoms with Gasteiger partial charge < -0.3 is 39.4 Å². The number of aliphatic hydroxyl groups excluding tert-OH is 1. The van der Waals surface area contributed by atoms with Crippen LogP contribution in [0.25, 0.3) is 0 Å². The third-order valence-electron chi connectivity index (χ3n) is 5.60. The van der Waals surface area contributed by atoms with E-state index in [0.717, 1.165) is 5.56 Å². The number of benzene rings is 2. The minimum absolute atomic E-state index is 0.139. The molecule has 12 nitrogen and oxygen atoms in total. The molecule has 0 spiro atoms. The number of nitrogens with one attached hydrogen (secondary N) is 3. The summed E-state index contributed by atoms with van der Waals surface area (Å²) >= 11 is 0. The van der Waals surface area contributed by atoms with Gasteiger partial charge in [-0.15, -0.1) is 0 Å². The summed E-state index contributed by atoms with van der Waals surface area (Å²) in [6.45, 7) is 6.05. The molecule has 1 heterocycles. The number of nitrogens with zero attached hydrogens (tertiary/aromatic N) is 1. The van der Waals surface area contributed by atoms with Crippen molar-refractivity contribution in [2.24, 2.45) is 5.10 Å². The predicted octanol–water partition coefficient (Wildman–Crippen LogP) is 2.61. The molecule has 0 unspecified atom stereocenters. The molecule has 210 valence electrons. The Morgan fingerprint density at radius 2 is 1.74 bits per heavy atom. The molecule has 0 fully saturated rings. The fourth-order valence-corrected chi connectivity index (χ4v) is 3.86. The van der Waals surface area contributed by atoms with Gasteiger partial charge in [-0.3, -0.25) is 5.43 Å². The molecule has 0 aliphatic carbocycles. The van der Waals surface area contributed by atoms with Crippen LogP contribution in [0.15, 0.2) is 52.8 Å². The van der Waals surface area contributed by atoms with Gasteiger partial charge in [-0.05, 0) is 62.2 Å². The van der Waals surface area contributed by atoms with Crippen LogP contribution in [0.4, 0.5) is 4.79 Å². The first-order chi connectivity index (χ1) is 18.8. The number of allylic oxidation sites excluding steroid dienone is 1. The van der Waals surface area contributed by atoms with Gasteiger partial charge in [0.05, 0.1) is 45.3 Å². The number of methoxy groups -OCH3 is 2. The van der Waals surface area contributed by atoms with Crippen LogP contribution < -0.4 is 35.0 Å². The summed E-state index contributed by atoms with van der Waals surface area (Å²) in [5, 5.41) is 19.7. The van der Waals surface area contributed by atoms with Gasteiger partial charge in [0.15, 0.2) is 29.2 Å². The van der Waals surface area contributed by atoms with Gasteiger partial charge in [-0.1, -0.05) is 6.07 Å². The second-order valence-corrected chi connectivity index (χ2v) is 8.26. The van der Waals surface area contributed by atoms with Crippen molar-refractivity contribution in [2.75, 3.05) is 34.0 Å². The quantitative estimate of drug-likeness (QED) is 0.130. The lowest BCUT2D eigenvalue weighted by atomic mass is 9.95. The molecule has 0 aromatic heterocycles. The molecule has 2 amide bonds. The minimum Gasteiger partial charge on any atom is -0.493 e. The first-order valence-electron chi connectivity index (χ1n) is 12.3. The molecule has 0 saturated carbocycles. The summed E-state index contributed by atoms with van der Waals surface area (Å²) in [6.07, 6.45) is 0.407. The topological polar surface area (TPSA) is 149 Å². The second-order valence-electron chi connectivity index (χ2n) is 8.26. The number of aliphatic hydroxyl groups is 1. The Morgan fingerprint density at radius 3 is 2.44 bits per heavy atom. The van der Waals surface area contributed by atoms with E-state index in [1.807, 2.05) is 19.9 Å². The molecular weight excluding hydrogens is 508 g/mol. The van der Waals surface area contributed by atoms with Crippen molar-refractivity contribution in [3.63, 3.8) is 0 Å². The molecule has 2 aromatic rings. The van der Waals surface area contributed by atoms with Crippen molar-refractivity contribution >= 4 is 18.2 Å². The predicted molar refractivity (Wildman–Crippen MR) is 143 cm³/mol. The fourth-order valence-electron chi connectivity index (χ4n) is 3.86. The Balaban J connectivity index is 1.68. The highest BCUT2D eigenvalue weighted by Gasteiger charge is 2.32. The van der Waals surface area contributed by atoms with Gasteiger partial charge in [0.25, 0.3) is 0 Å². The summed E-state index contributed by atoms with van der Waals surface area (Å²) in [6, 6.07) is 9.17. The van der Waals surface area contributed by atoms with E-state index >= 15 is 0 Å². The smallest absolute Gasteiger partial charge is 0.337 e. The molecule has 0 saturated heterocycles. The zero-order valence-electron chi connectivity index (χ0n) is 22.6. The van der Waals surface area contributed by atoms with Crippen molar-refractivity contribution in [3.8, 4) is 23.0 Å². The van der Waals surface area contributed by atoms with Crippen LogP contribution in [0.1, 0.15) is 37.9 Å². The highest BCUT2D eigenvalue weighted by Crippen LogP contribution is 2.35. The van der Waals surface area contributed by atoms with E-state index < -0.39 is 24.3 Å². The monoisotopic (exact) mass is 542 g/mol. The number of esters is 1. The van der Waals surface area contributed by atoms with Crippen LogP contribution >= 0.6 is 0 Å². The SMILES string of the molecule is CCOc1ccc(/C=N\N[C@@H](O)COc2ccc([C@H]3NC(=O)NC(C)=C3C(=O)OC)cc2OCC)cc1OC. The normalized spacial score (nSPS) is 15.7. The Hall–Kier alpha value is -4.45. The lowest BCUT2D eigenvalue weighted by Gasteiger charge is -2.28. The third-order valence-corrected chi connectivity index (χ3v) is 5.60. The van der Waals surface area contributed by atoms with Crippen molar-refractivity contribution < 1.29 is 38.4 Å². The van der Waals surface area contributed by atoms with Gasteiger partial charge in [-0.25, -0.2) is 9.59 Å². The molecule has 0 radical (unpaired) electrons. The number of hydrogen-bond acceptors (Lipinski definition) is 10. The Bertz CT molecular complexity index is 1230. The first kappa shape index (κ1) is 29.1. The van der Waals surface area contributed by atoms with E-state index in [9.17, 15) is 14.7 Å². The number of urea groups is 1. The van der Waals surface area contributed by atoms with Crippen molar-refractivity contribution in [1.29, 1.82) is 0 Å². The molecule has 2 aromatic carbocycles. The van der Waals surface area contributed by atoms with E-state index in [2.05, 4.69) is 21.2 Å². The highest BCUT2D eigenvalue weighted by molar-refractivity contribution is 5.95. The van der Waals surface area contributed by atoms with Crippen molar-refractivity contribution in [3.05, 3.63) is 58.8 Å². The highest BCUT2D eigenvalue weighted by atomic mass is 16.5. The van der Waals surface area contributed by atoms with Gasteiger partial charge in [0, 0.05) is 5.70 Å². The maximum atomic E-state index is 12.4. The van der Waals surface area contributed by atoms with Crippen LogP contribution in [0.3, 0.4) is 0 Å². The molecule has 0 bridgehead atoms. The average Bonchev–Trinajstić information content (AvgIpc) is 2.92. The lowest BCUT2D eigenvalue weighted by molar-refractivity contribution is -0.136. The number of hydrazone groups is 1. The van der Waals surface area contributed by atoms with Crippen molar-refractivity contribution in [2.45, 2.75) is 33.0 Å². The number of ether oxygens (including phenoxy) is 5. The fraction of sp³-hybridized carbons (Fsp3) is 0.370. The Labute approximate surface area is 226 Å². The Morgan fingerprint density at radius 1 is 1.05 bits per heavy atom. The number of carbonyl (C=O) groups is 2. The summed E-state index contributed by atoms with van der Waals surface area (Å²) in [5.74, 6) is 1.38. The lowest BCUT2D eigenvalue weighted by Crippen LogP contribution is -2.45. The third kappa shape index (κ3) is 7.54. The number of carbonyl (C=O) groups excluding carboxylic acids is 2. The van der Waals surface area contributed by atoms with E-state index in [-0.39, 0.29) is 12.2 Å². The largest absolute Gasteiger partial charge is 0.493 e. The summed E-state index contributed by atoms with van der Waals surface area (Å²) in [7, 11) is 2.83. The van der Waals surface area contributed by atoms with E-state index in [0.29, 0.717) is 47.5 Å². The summed E-state index contributed by atoms with van der Waals surface area (Å²) < 4.78 is 27.2. The second kappa shape index (κ2) is 13.9. The summed E-state index contributed by atoms with van der Waals surface area (Å²) in [4.78, 5) is 24.5.